The van der Waals surface area contributed by atoms with Crippen LogP contribution in [0.15, 0.2) is 43.0 Å². The summed E-state index contributed by atoms with van der Waals surface area (Å²) in [6.45, 7) is 13.7. The zero-order valence-corrected chi connectivity index (χ0v) is 28.7. The molecule has 10 heteroatoms. The number of carbonyl (C=O) groups is 5. The Morgan fingerprint density at radius 3 is 2.26 bits per heavy atom. The molecule has 4 N–H and O–H groups in total. The summed E-state index contributed by atoms with van der Waals surface area (Å²) in [7, 11) is 0. The number of Topliss-reactive ketones (excluding diaryl/α,β-unsaturated/α-hetero) is 1. The minimum Gasteiger partial charge on any atom is -0.346 e. The van der Waals surface area contributed by atoms with Crippen LogP contribution < -0.4 is 21.3 Å². The van der Waals surface area contributed by atoms with Crippen molar-refractivity contribution in [1.82, 2.24) is 26.2 Å². The maximum absolute atomic E-state index is 14.0. The lowest BCUT2D eigenvalue weighted by Crippen LogP contribution is -2.60. The molecule has 1 heterocycles. The Balaban J connectivity index is 2.14. The Labute approximate surface area is 275 Å². The van der Waals surface area contributed by atoms with E-state index < -0.39 is 47.2 Å². The van der Waals surface area contributed by atoms with Crippen LogP contribution in [0.2, 0.25) is 0 Å². The van der Waals surface area contributed by atoms with E-state index in [-0.39, 0.29) is 18.5 Å². The Morgan fingerprint density at radius 2 is 1.63 bits per heavy atom. The molecule has 1 aliphatic rings. The van der Waals surface area contributed by atoms with Crippen LogP contribution in [-0.2, 0) is 25.6 Å². The number of nitrogens with one attached hydrogen (secondary N) is 4. The van der Waals surface area contributed by atoms with Crippen LogP contribution in [0.25, 0.3) is 0 Å². The summed E-state index contributed by atoms with van der Waals surface area (Å²) in [5.41, 5.74) is 0.491. The predicted octanol–water partition coefficient (Wildman–Crippen LogP) is 4.82. The number of ketones is 1. The number of urea groups is 1. The summed E-state index contributed by atoms with van der Waals surface area (Å²) in [5.74, 6) is -2.33. The number of hydrogen-bond acceptors (Lipinski definition) is 5. The van der Waals surface area contributed by atoms with Gasteiger partial charge in [0, 0.05) is 19.1 Å². The second-order valence-electron chi connectivity index (χ2n) is 13.4. The van der Waals surface area contributed by atoms with Gasteiger partial charge in [0.25, 0.3) is 5.91 Å². The average molecular weight is 640 g/mol. The number of likely N-dealkylation sites (tertiary alicyclic amines) is 1. The molecule has 0 radical (unpaired) electrons. The topological polar surface area (TPSA) is 137 Å². The van der Waals surface area contributed by atoms with Gasteiger partial charge in [0.05, 0.1) is 6.04 Å². The number of carbonyl (C=O) groups excluding carboxylic acids is 5. The van der Waals surface area contributed by atoms with Crippen molar-refractivity contribution in [1.29, 1.82) is 0 Å². The number of amides is 5. The maximum Gasteiger partial charge on any atom is 0.315 e. The number of rotatable bonds is 19. The molecule has 2 rings (SSSR count). The number of nitrogens with zero attached hydrogens (tertiary/aromatic N) is 1. The third-order valence-corrected chi connectivity index (χ3v) is 8.38. The quantitative estimate of drug-likeness (QED) is 0.0978. The van der Waals surface area contributed by atoms with Gasteiger partial charge in [0.1, 0.15) is 12.1 Å². The van der Waals surface area contributed by atoms with Gasteiger partial charge in [-0.2, -0.15) is 0 Å². The summed E-state index contributed by atoms with van der Waals surface area (Å²) >= 11 is 0. The van der Waals surface area contributed by atoms with Crippen molar-refractivity contribution < 1.29 is 24.0 Å². The normalized spacial score (nSPS) is 16.5. The lowest BCUT2D eigenvalue weighted by molar-refractivity contribution is -0.143. The highest BCUT2D eigenvalue weighted by molar-refractivity contribution is 6.38. The van der Waals surface area contributed by atoms with Gasteiger partial charge in [0.15, 0.2) is 0 Å². The Kier molecular flexibility index (Phi) is 16.5. The van der Waals surface area contributed by atoms with Gasteiger partial charge in [-0.3, -0.25) is 19.2 Å². The first kappa shape index (κ1) is 38.5. The van der Waals surface area contributed by atoms with E-state index in [4.69, 9.17) is 0 Å². The molecule has 1 aromatic carbocycles. The molecule has 0 bridgehead atoms. The van der Waals surface area contributed by atoms with E-state index in [0.29, 0.717) is 38.6 Å². The van der Waals surface area contributed by atoms with Crippen LogP contribution in [0.1, 0.15) is 104 Å². The van der Waals surface area contributed by atoms with Crippen molar-refractivity contribution in [3.63, 3.8) is 0 Å². The first-order valence-electron chi connectivity index (χ1n) is 17.1. The molecule has 256 valence electrons. The highest BCUT2D eigenvalue weighted by Gasteiger charge is 2.42. The van der Waals surface area contributed by atoms with Crippen molar-refractivity contribution in [2.75, 3.05) is 13.1 Å². The minimum atomic E-state index is -0.995. The van der Waals surface area contributed by atoms with Gasteiger partial charge in [-0.15, -0.1) is 6.58 Å². The van der Waals surface area contributed by atoms with Crippen molar-refractivity contribution in [2.24, 2.45) is 5.41 Å². The van der Waals surface area contributed by atoms with Gasteiger partial charge < -0.3 is 26.2 Å². The molecule has 46 heavy (non-hydrogen) atoms. The van der Waals surface area contributed by atoms with Crippen LogP contribution in [0, 0.1) is 5.41 Å². The molecule has 3 unspecified atom stereocenters. The number of benzene rings is 1. The van der Waals surface area contributed by atoms with Crippen molar-refractivity contribution in [3.05, 3.63) is 48.6 Å². The molecule has 1 saturated heterocycles. The minimum absolute atomic E-state index is 0.0956. The molecule has 0 aliphatic carbocycles. The summed E-state index contributed by atoms with van der Waals surface area (Å²) in [6.07, 6.45) is 10.5. The summed E-state index contributed by atoms with van der Waals surface area (Å²) in [6, 6.07) is 6.85. The molecular formula is C36H57N5O5. The van der Waals surface area contributed by atoms with Crippen LogP contribution in [0.4, 0.5) is 4.79 Å². The van der Waals surface area contributed by atoms with Crippen molar-refractivity contribution in [2.45, 2.75) is 129 Å². The van der Waals surface area contributed by atoms with Crippen molar-refractivity contribution in [3.8, 4) is 0 Å². The monoisotopic (exact) mass is 639 g/mol. The predicted molar refractivity (Wildman–Crippen MR) is 182 cm³/mol. The third-order valence-electron chi connectivity index (χ3n) is 8.38. The van der Waals surface area contributed by atoms with E-state index in [0.717, 1.165) is 24.8 Å². The molecule has 0 saturated carbocycles. The number of unbranched alkanes of at least 4 members (excludes halogenated alkanes) is 4. The molecule has 4 atom stereocenters. The van der Waals surface area contributed by atoms with Gasteiger partial charge in [-0.25, -0.2) is 4.79 Å². The Morgan fingerprint density at radius 1 is 0.935 bits per heavy atom. The van der Waals surface area contributed by atoms with Gasteiger partial charge in [0.2, 0.25) is 17.6 Å². The first-order chi connectivity index (χ1) is 21.9. The molecule has 1 fully saturated rings. The highest BCUT2D eigenvalue weighted by atomic mass is 16.2. The van der Waals surface area contributed by atoms with E-state index in [1.807, 2.05) is 45.9 Å². The Hall–Kier alpha value is -3.69. The molecule has 5 amide bonds. The summed E-state index contributed by atoms with van der Waals surface area (Å²) < 4.78 is 0. The lowest BCUT2D eigenvalue weighted by atomic mass is 9.85. The molecular weight excluding hydrogens is 582 g/mol. The Bertz CT molecular complexity index is 1150. The smallest absolute Gasteiger partial charge is 0.315 e. The van der Waals surface area contributed by atoms with E-state index in [1.54, 1.807) is 0 Å². The largest absolute Gasteiger partial charge is 0.346 e. The fraction of sp³-hybridized carbons (Fsp3) is 0.639. The molecule has 0 aromatic heterocycles. The van der Waals surface area contributed by atoms with E-state index >= 15 is 0 Å². The lowest BCUT2D eigenvalue weighted by Gasteiger charge is -2.36. The number of hydrogen-bond donors (Lipinski definition) is 4. The van der Waals surface area contributed by atoms with E-state index in [9.17, 15) is 24.0 Å². The van der Waals surface area contributed by atoms with Gasteiger partial charge >= 0.3 is 6.03 Å². The van der Waals surface area contributed by atoms with Crippen LogP contribution in [0.3, 0.4) is 0 Å². The second kappa shape index (κ2) is 19.7. The van der Waals surface area contributed by atoms with E-state index in [1.165, 1.54) is 30.2 Å². The molecule has 1 aliphatic heterocycles. The molecule has 1 aromatic rings. The fourth-order valence-electron chi connectivity index (χ4n) is 5.83. The zero-order valence-electron chi connectivity index (χ0n) is 28.7. The SMILES string of the molecule is C=CCNC(=O)C(=O)C(CCC)NC(=O)[C@@H]1CCCN1C(=O)C(NC(=O)NC(CCCCCCC)Cc1ccccc1)C(C)(C)C. The van der Waals surface area contributed by atoms with Crippen LogP contribution >= 0.6 is 0 Å². The zero-order chi connectivity index (χ0) is 34.1. The highest BCUT2D eigenvalue weighted by Crippen LogP contribution is 2.26. The fourth-order valence-corrected chi connectivity index (χ4v) is 5.83. The standard InChI is InChI=1S/C36H57N5O5/c1-7-10-11-12-16-21-27(25-26-19-14-13-15-20-26)38-35(46)40-31(36(4,5)6)34(45)41-24-17-22-29(41)32(43)39-28(18-8-2)30(42)33(44)37-23-9-3/h9,13-15,19-20,27-29,31H,3,7-8,10-12,16-18,21-25H2,1-2,4-6H3,(H,37,44)(H,39,43)(H2,38,40,46)/t27?,28?,29-,31?/m0/s1. The molecule has 10 nitrogen and oxygen atoms in total. The molecule has 0 spiro atoms. The van der Waals surface area contributed by atoms with Crippen LogP contribution in [-0.4, -0.2) is 71.7 Å². The van der Waals surface area contributed by atoms with Crippen molar-refractivity contribution >= 4 is 29.5 Å². The summed E-state index contributed by atoms with van der Waals surface area (Å²) in [4.78, 5) is 67.5. The first-order valence-corrected chi connectivity index (χ1v) is 17.1. The van der Waals surface area contributed by atoms with Gasteiger partial charge in [-0.05, 0) is 43.1 Å². The van der Waals surface area contributed by atoms with Crippen LogP contribution in [0.5, 0.6) is 0 Å². The maximum atomic E-state index is 14.0. The van der Waals surface area contributed by atoms with E-state index in [2.05, 4.69) is 46.9 Å². The second-order valence-corrected chi connectivity index (χ2v) is 13.4. The average Bonchev–Trinajstić information content (AvgIpc) is 3.52. The van der Waals surface area contributed by atoms with Gasteiger partial charge in [-0.1, -0.05) is 110 Å². The third kappa shape index (κ3) is 12.6. The summed E-state index contributed by atoms with van der Waals surface area (Å²) in [5, 5.41) is 11.3.